The normalized spacial score (nSPS) is 13.6. The zero-order chi connectivity index (χ0) is 15.0. The van der Waals surface area contributed by atoms with E-state index in [1.165, 1.54) is 22.7 Å². The highest BCUT2D eigenvalue weighted by Gasteiger charge is 2.22. The van der Waals surface area contributed by atoms with Gasteiger partial charge >= 0.3 is 0 Å². The quantitative estimate of drug-likeness (QED) is 0.834. The van der Waals surface area contributed by atoms with Gasteiger partial charge in [-0.15, -0.1) is 22.7 Å². The van der Waals surface area contributed by atoms with Gasteiger partial charge < -0.3 is 10.6 Å². The van der Waals surface area contributed by atoms with Gasteiger partial charge in [-0.2, -0.15) is 5.26 Å². The highest BCUT2D eigenvalue weighted by molar-refractivity contribution is 9.11. The van der Waals surface area contributed by atoms with E-state index in [9.17, 15) is 10.1 Å². The molecule has 4 nitrogen and oxygen atoms in total. The average Bonchev–Trinajstić information content (AvgIpc) is 2.99. The van der Waals surface area contributed by atoms with E-state index < -0.39 is 0 Å². The summed E-state index contributed by atoms with van der Waals surface area (Å²) in [6.07, 6.45) is 0.842. The van der Waals surface area contributed by atoms with E-state index in [4.69, 9.17) is 0 Å². The molecule has 0 fully saturated rings. The maximum atomic E-state index is 12.3. The number of carbonyl (C=O) groups excluding carboxylic acids is 1. The molecular formula is C14H12BrN3OS2. The summed E-state index contributed by atoms with van der Waals surface area (Å²) < 4.78 is 0.961. The number of aryl methyl sites for hydroxylation is 1. The maximum absolute atomic E-state index is 12.3. The van der Waals surface area contributed by atoms with Crippen LogP contribution in [-0.4, -0.2) is 12.5 Å². The highest BCUT2D eigenvalue weighted by Crippen LogP contribution is 2.35. The Morgan fingerprint density at radius 3 is 3.00 bits per heavy atom. The van der Waals surface area contributed by atoms with E-state index in [2.05, 4.69) is 32.6 Å². The van der Waals surface area contributed by atoms with Crippen molar-refractivity contribution in [3.8, 4) is 6.07 Å². The van der Waals surface area contributed by atoms with Crippen molar-refractivity contribution in [3.05, 3.63) is 36.3 Å². The number of anilines is 1. The molecule has 0 aliphatic carbocycles. The van der Waals surface area contributed by atoms with Gasteiger partial charge in [-0.1, -0.05) is 0 Å². The van der Waals surface area contributed by atoms with E-state index in [1.807, 2.05) is 13.0 Å². The molecule has 1 amide bonds. The Labute approximate surface area is 138 Å². The molecule has 3 heterocycles. The maximum Gasteiger partial charge on any atom is 0.266 e. The summed E-state index contributed by atoms with van der Waals surface area (Å²) >= 11 is 6.33. The topological polar surface area (TPSA) is 64.9 Å². The fraction of sp³-hybridized carbons (Fsp3) is 0.286. The largest absolute Gasteiger partial charge is 0.312 e. The van der Waals surface area contributed by atoms with Crippen LogP contribution < -0.4 is 10.6 Å². The van der Waals surface area contributed by atoms with Gasteiger partial charge in [0, 0.05) is 11.4 Å². The number of halogens is 1. The molecule has 108 valence electrons. The number of carbonyl (C=O) groups is 1. The van der Waals surface area contributed by atoms with Gasteiger partial charge in [-0.25, -0.2) is 0 Å². The first kappa shape index (κ1) is 14.7. The molecule has 3 rings (SSSR count). The first-order valence-electron chi connectivity index (χ1n) is 6.42. The number of thiophene rings is 2. The summed E-state index contributed by atoms with van der Waals surface area (Å²) in [6.45, 7) is 3.60. The van der Waals surface area contributed by atoms with Crippen molar-refractivity contribution in [1.29, 1.82) is 5.26 Å². The molecule has 1 aliphatic heterocycles. The zero-order valence-electron chi connectivity index (χ0n) is 11.2. The number of nitriles is 1. The van der Waals surface area contributed by atoms with Gasteiger partial charge in [-0.05, 0) is 53.0 Å². The Hall–Kier alpha value is -1.20. The minimum atomic E-state index is -0.156. The molecule has 2 aromatic heterocycles. The summed E-state index contributed by atoms with van der Waals surface area (Å²) in [6, 6.07) is 4.09. The lowest BCUT2D eigenvalue weighted by molar-refractivity contribution is 0.103. The molecule has 2 N–H and O–H groups in total. The standard InChI is InChI=1S/C14H12BrN3OS2/c1-7-4-10(20-12(7)15)13(19)18-14-9(5-16)8-2-3-17-6-11(8)21-14/h4,17H,2-3,6H2,1H3,(H,18,19). The van der Waals surface area contributed by atoms with Gasteiger partial charge in [0.05, 0.1) is 14.2 Å². The third kappa shape index (κ3) is 2.77. The third-order valence-electron chi connectivity index (χ3n) is 3.35. The van der Waals surface area contributed by atoms with Crippen LogP contribution in [0.25, 0.3) is 0 Å². The minimum Gasteiger partial charge on any atom is -0.312 e. The molecule has 2 aromatic rings. The molecule has 7 heteroatoms. The molecule has 1 aliphatic rings. The predicted octanol–water partition coefficient (Wildman–Crippen LogP) is 3.65. The summed E-state index contributed by atoms with van der Waals surface area (Å²) in [5.74, 6) is -0.156. The van der Waals surface area contributed by atoms with Gasteiger partial charge in [0.25, 0.3) is 5.91 Å². The molecule has 0 aromatic carbocycles. The monoisotopic (exact) mass is 381 g/mol. The zero-order valence-corrected chi connectivity index (χ0v) is 14.5. The van der Waals surface area contributed by atoms with Gasteiger partial charge in [0.1, 0.15) is 11.1 Å². The van der Waals surface area contributed by atoms with Crippen LogP contribution in [0.1, 0.15) is 31.2 Å². The van der Waals surface area contributed by atoms with Crippen molar-refractivity contribution in [1.82, 2.24) is 5.32 Å². The van der Waals surface area contributed by atoms with Crippen molar-refractivity contribution in [2.24, 2.45) is 0 Å². The Morgan fingerprint density at radius 2 is 2.33 bits per heavy atom. The van der Waals surface area contributed by atoms with Crippen LogP contribution in [0.3, 0.4) is 0 Å². The second kappa shape index (κ2) is 5.89. The fourth-order valence-electron chi connectivity index (χ4n) is 2.28. The summed E-state index contributed by atoms with van der Waals surface area (Å²) in [4.78, 5) is 14.1. The lowest BCUT2D eigenvalue weighted by Crippen LogP contribution is -2.22. The Balaban J connectivity index is 1.90. The number of nitrogens with zero attached hydrogens (tertiary/aromatic N) is 1. The smallest absolute Gasteiger partial charge is 0.266 e. The van der Waals surface area contributed by atoms with E-state index in [1.54, 1.807) is 0 Å². The summed E-state index contributed by atoms with van der Waals surface area (Å²) in [7, 11) is 0. The molecule has 0 radical (unpaired) electrons. The van der Waals surface area contributed by atoms with Crippen molar-refractivity contribution in [3.63, 3.8) is 0 Å². The molecule has 0 spiro atoms. The third-order valence-corrected chi connectivity index (χ3v) is 6.63. The van der Waals surface area contributed by atoms with Gasteiger partial charge in [0.2, 0.25) is 0 Å². The molecular weight excluding hydrogens is 370 g/mol. The first-order chi connectivity index (χ1) is 10.1. The van der Waals surface area contributed by atoms with Crippen molar-refractivity contribution < 1.29 is 4.79 Å². The van der Waals surface area contributed by atoms with E-state index in [-0.39, 0.29) is 5.91 Å². The number of rotatable bonds is 2. The van der Waals surface area contributed by atoms with E-state index >= 15 is 0 Å². The van der Waals surface area contributed by atoms with Crippen LogP contribution in [0.2, 0.25) is 0 Å². The van der Waals surface area contributed by atoms with Crippen LogP contribution in [0.5, 0.6) is 0 Å². The minimum absolute atomic E-state index is 0.156. The summed E-state index contributed by atoms with van der Waals surface area (Å²) in [5, 5.41) is 16.2. The highest BCUT2D eigenvalue weighted by atomic mass is 79.9. The molecule has 0 saturated heterocycles. The summed E-state index contributed by atoms with van der Waals surface area (Å²) in [5.41, 5.74) is 2.75. The first-order valence-corrected chi connectivity index (χ1v) is 8.85. The molecule has 21 heavy (non-hydrogen) atoms. The number of nitrogens with one attached hydrogen (secondary N) is 2. The van der Waals surface area contributed by atoms with Crippen LogP contribution in [0.4, 0.5) is 5.00 Å². The van der Waals surface area contributed by atoms with E-state index in [0.717, 1.165) is 39.3 Å². The molecule has 0 atom stereocenters. The lowest BCUT2D eigenvalue weighted by atomic mass is 10.1. The second-order valence-electron chi connectivity index (χ2n) is 4.77. The second-order valence-corrected chi connectivity index (χ2v) is 8.24. The Morgan fingerprint density at radius 1 is 1.52 bits per heavy atom. The van der Waals surface area contributed by atoms with Crippen LogP contribution in [-0.2, 0) is 13.0 Å². The Bertz CT molecular complexity index is 738. The fourth-order valence-corrected chi connectivity index (χ4v) is 4.87. The van der Waals surface area contributed by atoms with Crippen LogP contribution in [0, 0.1) is 18.3 Å². The van der Waals surface area contributed by atoms with Crippen LogP contribution in [0.15, 0.2) is 9.85 Å². The van der Waals surface area contributed by atoms with Crippen molar-refractivity contribution >= 4 is 49.5 Å². The number of hydrogen-bond acceptors (Lipinski definition) is 5. The number of hydrogen-bond donors (Lipinski definition) is 2. The lowest BCUT2D eigenvalue weighted by Gasteiger charge is -2.11. The SMILES string of the molecule is Cc1cc(C(=O)Nc2sc3c(c2C#N)CCNC3)sc1Br. The number of fused-ring (bicyclic) bond motifs is 1. The van der Waals surface area contributed by atoms with E-state index in [0.29, 0.717) is 15.4 Å². The molecule has 0 saturated carbocycles. The van der Waals surface area contributed by atoms with Crippen LogP contribution >= 0.6 is 38.6 Å². The van der Waals surface area contributed by atoms with Crippen molar-refractivity contribution in [2.75, 3.05) is 11.9 Å². The number of amides is 1. The Kier molecular flexibility index (Phi) is 4.13. The van der Waals surface area contributed by atoms with Gasteiger partial charge in [-0.3, -0.25) is 4.79 Å². The predicted molar refractivity (Wildman–Crippen MR) is 89.2 cm³/mol. The molecule has 0 bridgehead atoms. The molecule has 0 unspecified atom stereocenters. The van der Waals surface area contributed by atoms with Gasteiger partial charge in [0.15, 0.2) is 0 Å². The average molecular weight is 382 g/mol. The van der Waals surface area contributed by atoms with Crippen molar-refractivity contribution in [2.45, 2.75) is 19.9 Å².